The van der Waals surface area contributed by atoms with Crippen molar-refractivity contribution in [1.29, 1.82) is 0 Å². The van der Waals surface area contributed by atoms with E-state index in [9.17, 15) is 5.11 Å². The lowest BCUT2D eigenvalue weighted by atomic mass is 10.1. The van der Waals surface area contributed by atoms with Crippen LogP contribution in [0, 0.1) is 0 Å². The Kier molecular flexibility index (Phi) is 4.40. The first-order valence-corrected chi connectivity index (χ1v) is 6.45. The minimum absolute atomic E-state index is 0.408. The average Bonchev–Trinajstić information content (AvgIpc) is 2.61. The number of rotatable bonds is 3. The number of hydrogen-bond acceptors (Lipinski definition) is 3. The highest BCUT2D eigenvalue weighted by atomic mass is 16.3. The molecule has 1 atom stereocenters. The number of nitrogens with zero attached hydrogens (tertiary/aromatic N) is 1. The van der Waals surface area contributed by atoms with E-state index in [1.807, 2.05) is 18.2 Å². The van der Waals surface area contributed by atoms with E-state index in [-0.39, 0.29) is 0 Å². The summed E-state index contributed by atoms with van der Waals surface area (Å²) in [7, 11) is 2.16. The Hall–Kier alpha value is -1.06. The maximum Gasteiger partial charge on any atom is 0.120 e. The van der Waals surface area contributed by atoms with Crippen LogP contribution in [0.15, 0.2) is 24.3 Å². The summed E-state index contributed by atoms with van der Waals surface area (Å²) in [5.74, 6) is 0.408. The van der Waals surface area contributed by atoms with Gasteiger partial charge in [-0.25, -0.2) is 0 Å². The summed E-state index contributed by atoms with van der Waals surface area (Å²) >= 11 is 0. The van der Waals surface area contributed by atoms with Gasteiger partial charge in [0.2, 0.25) is 0 Å². The smallest absolute Gasteiger partial charge is 0.120 e. The molecule has 0 spiro atoms. The summed E-state index contributed by atoms with van der Waals surface area (Å²) in [4.78, 5) is 2.36. The van der Waals surface area contributed by atoms with E-state index in [0.29, 0.717) is 11.8 Å². The second-order valence-corrected chi connectivity index (χ2v) is 4.88. The van der Waals surface area contributed by atoms with E-state index in [0.717, 1.165) is 25.2 Å². The van der Waals surface area contributed by atoms with Crippen LogP contribution in [0.25, 0.3) is 0 Å². The Labute approximate surface area is 103 Å². The summed E-state index contributed by atoms with van der Waals surface area (Å²) in [6.07, 6.45) is 3.69. The molecule has 1 aliphatic heterocycles. The molecule has 0 bridgehead atoms. The van der Waals surface area contributed by atoms with Crippen LogP contribution in [-0.2, 0) is 6.54 Å². The van der Waals surface area contributed by atoms with Crippen LogP contribution in [0.3, 0.4) is 0 Å². The number of phenolic OH excluding ortho intramolecular Hbond substituents is 1. The van der Waals surface area contributed by atoms with Gasteiger partial charge in [-0.05, 0) is 45.5 Å². The zero-order valence-corrected chi connectivity index (χ0v) is 10.5. The van der Waals surface area contributed by atoms with Crippen molar-refractivity contribution in [2.24, 2.45) is 0 Å². The molecule has 1 aromatic carbocycles. The number of phenols is 1. The van der Waals surface area contributed by atoms with Gasteiger partial charge >= 0.3 is 0 Å². The van der Waals surface area contributed by atoms with E-state index >= 15 is 0 Å². The van der Waals surface area contributed by atoms with Crippen LogP contribution in [0.2, 0.25) is 0 Å². The van der Waals surface area contributed by atoms with Gasteiger partial charge in [0.15, 0.2) is 0 Å². The maximum absolute atomic E-state index is 9.77. The first-order chi connectivity index (χ1) is 8.27. The fourth-order valence-corrected chi connectivity index (χ4v) is 2.48. The minimum Gasteiger partial charge on any atom is -0.508 e. The monoisotopic (exact) mass is 234 g/mol. The van der Waals surface area contributed by atoms with Crippen molar-refractivity contribution in [2.45, 2.75) is 31.8 Å². The van der Waals surface area contributed by atoms with E-state index in [1.165, 1.54) is 19.3 Å². The van der Waals surface area contributed by atoms with E-state index in [1.54, 1.807) is 6.07 Å². The lowest BCUT2D eigenvalue weighted by molar-refractivity contribution is 0.214. The number of hydrogen-bond donors (Lipinski definition) is 2. The summed E-state index contributed by atoms with van der Waals surface area (Å²) in [6, 6.07) is 8.24. The third-order valence-corrected chi connectivity index (χ3v) is 3.58. The predicted octanol–water partition coefficient (Wildman–Crippen LogP) is 1.97. The van der Waals surface area contributed by atoms with Crippen LogP contribution in [0.4, 0.5) is 0 Å². The van der Waals surface area contributed by atoms with Crippen molar-refractivity contribution in [3.8, 4) is 5.75 Å². The largest absolute Gasteiger partial charge is 0.508 e. The molecular weight excluding hydrogens is 212 g/mol. The molecule has 0 radical (unpaired) electrons. The topological polar surface area (TPSA) is 35.5 Å². The number of para-hydroxylation sites is 1. The Balaban J connectivity index is 1.95. The Morgan fingerprint density at radius 3 is 2.94 bits per heavy atom. The second-order valence-electron chi connectivity index (χ2n) is 4.88. The SMILES string of the molecule is CN(Cc1ccccc1O)C1CCCNCC1. The van der Waals surface area contributed by atoms with Gasteiger partial charge in [0.1, 0.15) is 5.75 Å². The molecule has 0 amide bonds. The summed E-state index contributed by atoms with van der Waals surface area (Å²) in [6.45, 7) is 3.08. The van der Waals surface area contributed by atoms with Crippen molar-refractivity contribution in [3.63, 3.8) is 0 Å². The molecule has 0 aliphatic carbocycles. The Morgan fingerprint density at radius 1 is 1.29 bits per heavy atom. The van der Waals surface area contributed by atoms with Crippen molar-refractivity contribution in [2.75, 3.05) is 20.1 Å². The van der Waals surface area contributed by atoms with Crippen LogP contribution in [0.5, 0.6) is 5.75 Å². The molecule has 0 saturated carbocycles. The van der Waals surface area contributed by atoms with E-state index in [2.05, 4.69) is 17.3 Å². The van der Waals surface area contributed by atoms with Gasteiger partial charge in [-0.2, -0.15) is 0 Å². The second kappa shape index (κ2) is 6.03. The molecule has 1 aromatic rings. The average molecular weight is 234 g/mol. The minimum atomic E-state index is 0.408. The molecule has 1 heterocycles. The van der Waals surface area contributed by atoms with Crippen molar-refractivity contribution in [3.05, 3.63) is 29.8 Å². The van der Waals surface area contributed by atoms with E-state index in [4.69, 9.17) is 0 Å². The van der Waals surface area contributed by atoms with Crippen molar-refractivity contribution < 1.29 is 5.11 Å². The lowest BCUT2D eigenvalue weighted by Gasteiger charge is -2.27. The highest BCUT2D eigenvalue weighted by Gasteiger charge is 2.17. The quantitative estimate of drug-likeness (QED) is 0.839. The fraction of sp³-hybridized carbons (Fsp3) is 0.571. The van der Waals surface area contributed by atoms with Crippen LogP contribution >= 0.6 is 0 Å². The molecule has 1 unspecified atom stereocenters. The third-order valence-electron chi connectivity index (χ3n) is 3.58. The zero-order valence-electron chi connectivity index (χ0n) is 10.5. The standard InChI is InChI=1S/C14H22N2O/c1-16(13-6-4-9-15-10-8-13)11-12-5-2-3-7-14(12)17/h2-3,5,7,13,15,17H,4,6,8-11H2,1H3. The van der Waals surface area contributed by atoms with Crippen LogP contribution in [-0.4, -0.2) is 36.2 Å². The summed E-state index contributed by atoms with van der Waals surface area (Å²) in [5, 5.41) is 13.2. The van der Waals surface area contributed by atoms with Gasteiger partial charge in [-0.15, -0.1) is 0 Å². The maximum atomic E-state index is 9.77. The molecule has 3 nitrogen and oxygen atoms in total. The summed E-state index contributed by atoms with van der Waals surface area (Å²) < 4.78 is 0. The molecule has 17 heavy (non-hydrogen) atoms. The van der Waals surface area contributed by atoms with Gasteiger partial charge in [0.25, 0.3) is 0 Å². The van der Waals surface area contributed by atoms with Crippen molar-refractivity contribution in [1.82, 2.24) is 10.2 Å². The highest BCUT2D eigenvalue weighted by molar-refractivity contribution is 5.31. The molecule has 2 rings (SSSR count). The molecule has 1 aliphatic rings. The normalized spacial score (nSPS) is 21.4. The molecule has 2 N–H and O–H groups in total. The molecular formula is C14H22N2O. The van der Waals surface area contributed by atoms with Gasteiger partial charge in [-0.1, -0.05) is 18.2 Å². The molecule has 1 saturated heterocycles. The van der Waals surface area contributed by atoms with Gasteiger partial charge in [-0.3, -0.25) is 4.90 Å². The Morgan fingerprint density at radius 2 is 2.12 bits per heavy atom. The third kappa shape index (κ3) is 3.45. The number of nitrogens with one attached hydrogen (secondary N) is 1. The van der Waals surface area contributed by atoms with Gasteiger partial charge in [0, 0.05) is 18.2 Å². The van der Waals surface area contributed by atoms with Gasteiger partial charge < -0.3 is 10.4 Å². The first-order valence-electron chi connectivity index (χ1n) is 6.45. The fourth-order valence-electron chi connectivity index (χ4n) is 2.48. The van der Waals surface area contributed by atoms with E-state index < -0.39 is 0 Å². The van der Waals surface area contributed by atoms with Gasteiger partial charge in [0.05, 0.1) is 0 Å². The predicted molar refractivity (Wildman–Crippen MR) is 70.1 cm³/mol. The first kappa shape index (κ1) is 12.4. The summed E-state index contributed by atoms with van der Waals surface area (Å²) in [5.41, 5.74) is 1.02. The zero-order chi connectivity index (χ0) is 12.1. The Bertz CT molecular complexity index is 346. The van der Waals surface area contributed by atoms with Crippen molar-refractivity contribution >= 4 is 0 Å². The number of aromatic hydroxyl groups is 1. The van der Waals surface area contributed by atoms with Crippen LogP contribution in [0.1, 0.15) is 24.8 Å². The van der Waals surface area contributed by atoms with Crippen LogP contribution < -0.4 is 5.32 Å². The molecule has 1 fully saturated rings. The molecule has 0 aromatic heterocycles. The highest BCUT2D eigenvalue weighted by Crippen LogP contribution is 2.20. The number of benzene rings is 1. The lowest BCUT2D eigenvalue weighted by Crippen LogP contribution is -2.32. The molecule has 3 heteroatoms. The molecule has 94 valence electrons.